The highest BCUT2D eigenvalue weighted by atomic mass is 28.3. The summed E-state index contributed by atoms with van der Waals surface area (Å²) in [7, 11) is -1.74. The minimum atomic E-state index is -1.74. The molecule has 0 spiro atoms. The Bertz CT molecular complexity index is 699. The molecule has 0 aromatic heterocycles. The Balaban J connectivity index is 2.87. The van der Waals surface area contributed by atoms with E-state index in [1.54, 1.807) is 0 Å². The lowest BCUT2D eigenvalue weighted by Gasteiger charge is -2.38. The molecule has 0 amide bonds. The van der Waals surface area contributed by atoms with Crippen molar-refractivity contribution in [3.8, 4) is 23.8 Å². The van der Waals surface area contributed by atoms with Gasteiger partial charge in [0.1, 0.15) is 8.07 Å². The zero-order chi connectivity index (χ0) is 22.6. The fraction of sp³-hybridized carbons (Fsp3) is 0.655. The van der Waals surface area contributed by atoms with Crippen LogP contribution in [-0.4, -0.2) is 8.07 Å². The second-order valence-corrected chi connectivity index (χ2v) is 15.5. The van der Waals surface area contributed by atoms with E-state index in [0.29, 0.717) is 16.6 Å². The van der Waals surface area contributed by atoms with Gasteiger partial charge in [-0.15, -0.1) is 12.0 Å². The van der Waals surface area contributed by atoms with Crippen molar-refractivity contribution >= 4 is 8.07 Å². The average Bonchev–Trinajstić information content (AvgIpc) is 2.69. The van der Waals surface area contributed by atoms with Gasteiger partial charge in [0.25, 0.3) is 0 Å². The van der Waals surface area contributed by atoms with Gasteiger partial charge >= 0.3 is 0 Å². The summed E-state index contributed by atoms with van der Waals surface area (Å²) >= 11 is 0. The van der Waals surface area contributed by atoms with E-state index in [4.69, 9.17) is 6.42 Å². The van der Waals surface area contributed by atoms with Crippen LogP contribution in [0.1, 0.15) is 117 Å². The Labute approximate surface area is 189 Å². The Kier molecular flexibility index (Phi) is 12.2. The predicted molar refractivity (Wildman–Crippen MR) is 139 cm³/mol. The van der Waals surface area contributed by atoms with Crippen molar-refractivity contribution in [2.45, 2.75) is 123 Å². The molecule has 0 aliphatic carbocycles. The molecule has 0 N–H and O–H groups in total. The third-order valence-corrected chi connectivity index (χ3v) is 13.1. The lowest BCUT2D eigenvalue weighted by molar-refractivity contribution is 0.575. The molecule has 0 fully saturated rings. The van der Waals surface area contributed by atoms with Gasteiger partial charge in [0.05, 0.1) is 0 Å². The summed E-state index contributed by atoms with van der Waals surface area (Å²) in [5.41, 5.74) is 9.15. The standard InChI is InChI=1S/C29H46Si/c1-9-11-12-13-14-15-16-17-18-27-19-20-28(10-2)29(23-27)21-22-30(24(3)4,25(5)6)26(7)8/h2,19-20,23-26H,9,11-18H2,1,3-8H3. The molecule has 0 saturated heterocycles. The summed E-state index contributed by atoms with van der Waals surface area (Å²) in [5, 5.41) is 0. The van der Waals surface area contributed by atoms with Gasteiger partial charge in [0.15, 0.2) is 0 Å². The lowest BCUT2D eigenvalue weighted by atomic mass is 10.00. The topological polar surface area (TPSA) is 0 Å². The van der Waals surface area contributed by atoms with Gasteiger partial charge in [-0.2, -0.15) is 0 Å². The molecular formula is C29H46Si. The highest BCUT2D eigenvalue weighted by Crippen LogP contribution is 2.40. The first-order chi connectivity index (χ1) is 14.3. The van der Waals surface area contributed by atoms with Crippen LogP contribution in [0.3, 0.4) is 0 Å². The molecule has 0 heterocycles. The lowest BCUT2D eigenvalue weighted by Crippen LogP contribution is -2.43. The summed E-state index contributed by atoms with van der Waals surface area (Å²) in [4.78, 5) is 0. The first kappa shape index (κ1) is 26.6. The van der Waals surface area contributed by atoms with Gasteiger partial charge in [-0.25, -0.2) is 0 Å². The van der Waals surface area contributed by atoms with Gasteiger partial charge in [-0.05, 0) is 47.2 Å². The molecule has 1 heteroatoms. The molecule has 0 aliphatic rings. The van der Waals surface area contributed by atoms with Gasteiger partial charge in [-0.3, -0.25) is 0 Å². The monoisotopic (exact) mass is 422 g/mol. The van der Waals surface area contributed by atoms with E-state index in [-0.39, 0.29) is 0 Å². The van der Waals surface area contributed by atoms with Crippen LogP contribution in [0, 0.1) is 23.8 Å². The van der Waals surface area contributed by atoms with Crippen LogP contribution in [0.15, 0.2) is 18.2 Å². The van der Waals surface area contributed by atoms with Gasteiger partial charge in [0, 0.05) is 11.1 Å². The molecular weight excluding hydrogens is 376 g/mol. The molecule has 0 bridgehead atoms. The zero-order valence-corrected chi connectivity index (χ0v) is 21.9. The maximum absolute atomic E-state index is 5.80. The van der Waals surface area contributed by atoms with E-state index in [1.165, 1.54) is 56.9 Å². The maximum atomic E-state index is 5.80. The molecule has 0 saturated carbocycles. The molecule has 0 aliphatic heterocycles. The van der Waals surface area contributed by atoms with E-state index in [1.807, 2.05) is 0 Å². The van der Waals surface area contributed by atoms with Crippen LogP contribution in [0.2, 0.25) is 16.6 Å². The minimum absolute atomic E-state index is 0.639. The van der Waals surface area contributed by atoms with Crippen molar-refractivity contribution in [1.29, 1.82) is 0 Å². The molecule has 1 rings (SSSR count). The number of unbranched alkanes of at least 4 members (excludes halogenated alkanes) is 7. The van der Waals surface area contributed by atoms with Crippen LogP contribution < -0.4 is 0 Å². The minimum Gasteiger partial charge on any atom is -0.125 e. The normalized spacial score (nSPS) is 11.6. The number of aryl methyl sites for hydroxylation is 1. The third-order valence-electron chi connectivity index (χ3n) is 6.84. The first-order valence-corrected chi connectivity index (χ1v) is 14.6. The summed E-state index contributed by atoms with van der Waals surface area (Å²) < 4.78 is 0. The molecule has 0 radical (unpaired) electrons. The van der Waals surface area contributed by atoms with Crippen molar-refractivity contribution in [1.82, 2.24) is 0 Å². The van der Waals surface area contributed by atoms with E-state index in [9.17, 15) is 0 Å². The van der Waals surface area contributed by atoms with Crippen LogP contribution in [0.25, 0.3) is 0 Å². The van der Waals surface area contributed by atoms with Crippen LogP contribution >= 0.6 is 0 Å². The molecule has 1 aromatic rings. The average molecular weight is 423 g/mol. The molecule has 166 valence electrons. The van der Waals surface area contributed by atoms with E-state index in [0.717, 1.165) is 17.5 Å². The third kappa shape index (κ3) is 7.67. The molecule has 0 nitrogen and oxygen atoms in total. The first-order valence-electron chi connectivity index (χ1n) is 12.4. The van der Waals surface area contributed by atoms with Crippen molar-refractivity contribution in [2.24, 2.45) is 0 Å². The van der Waals surface area contributed by atoms with Crippen molar-refractivity contribution in [3.63, 3.8) is 0 Å². The Morgan fingerprint density at radius 2 is 1.30 bits per heavy atom. The molecule has 1 aromatic carbocycles. The number of benzene rings is 1. The van der Waals surface area contributed by atoms with Gasteiger partial charge < -0.3 is 0 Å². The van der Waals surface area contributed by atoms with E-state index < -0.39 is 8.07 Å². The molecule has 0 unspecified atom stereocenters. The Hall–Kier alpha value is -1.44. The number of hydrogen-bond donors (Lipinski definition) is 0. The predicted octanol–water partition coefficient (Wildman–Crippen LogP) is 8.92. The van der Waals surface area contributed by atoms with Crippen molar-refractivity contribution in [3.05, 3.63) is 34.9 Å². The smallest absolute Gasteiger partial charge is 0.125 e. The zero-order valence-electron chi connectivity index (χ0n) is 20.9. The Morgan fingerprint density at radius 3 is 1.80 bits per heavy atom. The quantitative estimate of drug-likeness (QED) is 0.179. The summed E-state index contributed by atoms with van der Waals surface area (Å²) in [5.74, 6) is 6.45. The fourth-order valence-corrected chi connectivity index (χ4v) is 10.3. The van der Waals surface area contributed by atoms with Crippen LogP contribution in [-0.2, 0) is 6.42 Å². The van der Waals surface area contributed by atoms with E-state index in [2.05, 4.69) is 84.0 Å². The number of terminal acetylenes is 1. The number of hydrogen-bond acceptors (Lipinski definition) is 0. The summed E-state index contributed by atoms with van der Waals surface area (Å²) in [6.45, 7) is 16.5. The maximum Gasteiger partial charge on any atom is 0.146 e. The largest absolute Gasteiger partial charge is 0.146 e. The number of rotatable bonds is 12. The fourth-order valence-electron chi connectivity index (χ4n) is 5.05. The second-order valence-electron chi connectivity index (χ2n) is 9.90. The van der Waals surface area contributed by atoms with Crippen molar-refractivity contribution < 1.29 is 0 Å². The van der Waals surface area contributed by atoms with Crippen LogP contribution in [0.4, 0.5) is 0 Å². The van der Waals surface area contributed by atoms with Gasteiger partial charge in [0.2, 0.25) is 0 Å². The van der Waals surface area contributed by atoms with E-state index >= 15 is 0 Å². The Morgan fingerprint density at radius 1 is 0.767 bits per heavy atom. The highest BCUT2D eigenvalue weighted by Gasteiger charge is 2.41. The van der Waals surface area contributed by atoms with Crippen LogP contribution in [0.5, 0.6) is 0 Å². The highest BCUT2D eigenvalue weighted by molar-refractivity contribution is 6.90. The SMILES string of the molecule is C#Cc1ccc(CCCCCCCCCC)cc1C#C[Si](C(C)C)(C(C)C)C(C)C. The molecule has 30 heavy (non-hydrogen) atoms. The van der Waals surface area contributed by atoms with Crippen molar-refractivity contribution in [2.75, 3.05) is 0 Å². The second kappa shape index (κ2) is 13.8. The summed E-state index contributed by atoms with van der Waals surface area (Å²) in [6, 6.07) is 6.58. The molecule has 0 atom stereocenters. The summed E-state index contributed by atoms with van der Waals surface area (Å²) in [6.07, 6.45) is 17.8. The van der Waals surface area contributed by atoms with Gasteiger partial charge in [-0.1, -0.05) is 111 Å².